The van der Waals surface area contributed by atoms with E-state index in [0.29, 0.717) is 18.9 Å². The van der Waals surface area contributed by atoms with E-state index >= 15 is 0 Å². The molecule has 9 heteroatoms. The molecule has 130 valence electrons. The maximum atomic E-state index is 12.9. The Hall–Kier alpha value is -2.13. The molecule has 0 saturated heterocycles. The first kappa shape index (κ1) is 18.2. The van der Waals surface area contributed by atoms with Crippen LogP contribution in [0.15, 0.2) is 33.9 Å². The number of carbonyl (C=O) groups excluding carboxylic acids is 1. The minimum absolute atomic E-state index is 0.146. The van der Waals surface area contributed by atoms with Gasteiger partial charge in [-0.2, -0.15) is 0 Å². The van der Waals surface area contributed by atoms with Gasteiger partial charge in [-0.1, -0.05) is 11.8 Å². The highest BCUT2D eigenvalue weighted by molar-refractivity contribution is 7.99. The van der Waals surface area contributed by atoms with Gasteiger partial charge in [0.2, 0.25) is 5.91 Å². The van der Waals surface area contributed by atoms with Crippen molar-refractivity contribution >= 4 is 17.7 Å². The predicted molar refractivity (Wildman–Crippen MR) is 85.4 cm³/mol. The molecule has 0 unspecified atom stereocenters. The fourth-order valence-corrected chi connectivity index (χ4v) is 2.28. The molecular weight excluding hydrogens is 337 g/mol. The quantitative estimate of drug-likeness (QED) is 0.545. The fraction of sp³-hybridized carbons (Fsp3) is 0.400. The molecule has 1 N–H and O–H groups in total. The highest BCUT2D eigenvalue weighted by atomic mass is 32.2. The van der Waals surface area contributed by atoms with Crippen molar-refractivity contribution in [3.05, 3.63) is 36.0 Å². The van der Waals surface area contributed by atoms with Crippen LogP contribution in [0.25, 0.3) is 0 Å². The third-order valence-corrected chi connectivity index (χ3v) is 3.67. The molecular formula is C15H18FN3O4S. The third kappa shape index (κ3) is 5.82. The van der Waals surface area contributed by atoms with Crippen molar-refractivity contribution in [3.63, 3.8) is 0 Å². The molecule has 0 fully saturated rings. The molecule has 2 rings (SSSR count). The lowest BCUT2D eigenvalue weighted by atomic mass is 10.3. The molecule has 24 heavy (non-hydrogen) atoms. The number of thioether (sulfide) groups is 1. The molecule has 0 aliphatic heterocycles. The van der Waals surface area contributed by atoms with Crippen LogP contribution < -0.4 is 10.1 Å². The summed E-state index contributed by atoms with van der Waals surface area (Å²) in [5.74, 6) is 0.455. The van der Waals surface area contributed by atoms with Crippen molar-refractivity contribution in [1.82, 2.24) is 15.5 Å². The summed E-state index contributed by atoms with van der Waals surface area (Å²) in [6.45, 7) is 2.65. The van der Waals surface area contributed by atoms with E-state index in [1.54, 1.807) is 14.0 Å². The summed E-state index contributed by atoms with van der Waals surface area (Å²) in [6.07, 6.45) is -0.493. The average Bonchev–Trinajstić information content (AvgIpc) is 3.04. The van der Waals surface area contributed by atoms with Crippen molar-refractivity contribution in [2.45, 2.75) is 18.3 Å². The van der Waals surface area contributed by atoms with E-state index in [1.165, 1.54) is 24.3 Å². The van der Waals surface area contributed by atoms with E-state index in [4.69, 9.17) is 13.9 Å². The molecule has 1 aromatic heterocycles. The molecule has 0 spiro atoms. The van der Waals surface area contributed by atoms with Gasteiger partial charge in [-0.15, -0.1) is 10.2 Å². The smallest absolute Gasteiger partial charge is 0.277 e. The number of hydrogen-bond acceptors (Lipinski definition) is 7. The second-order valence-corrected chi connectivity index (χ2v) is 5.68. The Bertz CT molecular complexity index is 650. The van der Waals surface area contributed by atoms with Crippen LogP contribution in [0.2, 0.25) is 0 Å². The summed E-state index contributed by atoms with van der Waals surface area (Å²) < 4.78 is 28.8. The number of hydrogen-bond donors (Lipinski definition) is 1. The minimum atomic E-state index is -0.493. The molecule has 1 amide bonds. The van der Waals surface area contributed by atoms with Gasteiger partial charge >= 0.3 is 0 Å². The van der Waals surface area contributed by atoms with Crippen LogP contribution >= 0.6 is 11.8 Å². The Morgan fingerprint density at radius 3 is 2.83 bits per heavy atom. The highest BCUT2D eigenvalue weighted by Gasteiger charge is 2.16. The second kappa shape index (κ2) is 9.24. The number of nitrogens with one attached hydrogen (secondary N) is 1. The van der Waals surface area contributed by atoms with E-state index in [1.807, 2.05) is 0 Å². The molecule has 2 aromatic rings. The molecule has 0 saturated carbocycles. The first-order valence-corrected chi connectivity index (χ1v) is 8.21. The normalized spacial score (nSPS) is 12.0. The van der Waals surface area contributed by atoms with Crippen LogP contribution in [-0.2, 0) is 9.53 Å². The first-order valence-electron chi connectivity index (χ1n) is 7.22. The third-order valence-electron chi connectivity index (χ3n) is 2.85. The number of aromatic nitrogens is 2. The molecule has 0 aliphatic carbocycles. The minimum Gasteiger partial charge on any atom is -0.481 e. The largest absolute Gasteiger partial charge is 0.481 e. The van der Waals surface area contributed by atoms with Crippen molar-refractivity contribution in [1.29, 1.82) is 0 Å². The summed E-state index contributed by atoms with van der Waals surface area (Å²) >= 11 is 1.13. The van der Waals surface area contributed by atoms with Gasteiger partial charge < -0.3 is 19.2 Å². The SMILES string of the molecule is COCCNC(=O)CSc1nnc([C@H](C)Oc2ccc(F)cc2)o1. The van der Waals surface area contributed by atoms with Gasteiger partial charge in [0.05, 0.1) is 12.4 Å². The zero-order valence-electron chi connectivity index (χ0n) is 13.3. The number of amides is 1. The Morgan fingerprint density at radius 2 is 2.12 bits per heavy atom. The number of halogens is 1. The lowest BCUT2D eigenvalue weighted by molar-refractivity contribution is -0.118. The number of methoxy groups -OCH3 is 1. The van der Waals surface area contributed by atoms with Gasteiger partial charge in [0.1, 0.15) is 11.6 Å². The van der Waals surface area contributed by atoms with E-state index in [-0.39, 0.29) is 28.6 Å². The van der Waals surface area contributed by atoms with Crippen molar-refractivity contribution in [2.75, 3.05) is 26.0 Å². The van der Waals surface area contributed by atoms with Crippen LogP contribution in [-0.4, -0.2) is 42.1 Å². The highest BCUT2D eigenvalue weighted by Crippen LogP contribution is 2.23. The number of rotatable bonds is 9. The number of nitrogens with zero attached hydrogens (tertiary/aromatic N) is 2. The Morgan fingerprint density at radius 1 is 1.38 bits per heavy atom. The van der Waals surface area contributed by atoms with Gasteiger partial charge in [-0.3, -0.25) is 4.79 Å². The van der Waals surface area contributed by atoms with Gasteiger partial charge in [-0.05, 0) is 31.2 Å². The van der Waals surface area contributed by atoms with Crippen LogP contribution in [0, 0.1) is 5.82 Å². The topological polar surface area (TPSA) is 86.5 Å². The Kier molecular flexibility index (Phi) is 7.01. The summed E-state index contributed by atoms with van der Waals surface area (Å²) in [7, 11) is 1.57. The zero-order chi connectivity index (χ0) is 17.4. The summed E-state index contributed by atoms with van der Waals surface area (Å²) in [5.41, 5.74) is 0. The summed E-state index contributed by atoms with van der Waals surface area (Å²) in [4.78, 5) is 11.6. The summed E-state index contributed by atoms with van der Waals surface area (Å²) in [5, 5.41) is 10.7. The molecule has 0 aliphatic rings. The molecule has 1 heterocycles. The van der Waals surface area contributed by atoms with Crippen LogP contribution in [0.5, 0.6) is 5.75 Å². The zero-order valence-corrected chi connectivity index (χ0v) is 14.1. The van der Waals surface area contributed by atoms with Crippen molar-refractivity contribution in [3.8, 4) is 5.75 Å². The molecule has 0 radical (unpaired) electrons. The Labute approximate surface area is 142 Å². The number of ether oxygens (including phenoxy) is 2. The lowest BCUT2D eigenvalue weighted by Crippen LogP contribution is -2.28. The van der Waals surface area contributed by atoms with E-state index in [9.17, 15) is 9.18 Å². The summed E-state index contributed by atoms with van der Waals surface area (Å²) in [6, 6.07) is 5.64. The maximum Gasteiger partial charge on any atom is 0.277 e. The van der Waals surface area contributed by atoms with E-state index in [0.717, 1.165) is 11.8 Å². The monoisotopic (exact) mass is 355 g/mol. The van der Waals surface area contributed by atoms with E-state index in [2.05, 4.69) is 15.5 Å². The molecule has 1 atom stereocenters. The predicted octanol–water partition coefficient (Wildman–Crippen LogP) is 2.20. The molecule has 1 aromatic carbocycles. The maximum absolute atomic E-state index is 12.9. The lowest BCUT2D eigenvalue weighted by Gasteiger charge is -2.10. The van der Waals surface area contributed by atoms with Gasteiger partial charge in [0.25, 0.3) is 11.1 Å². The van der Waals surface area contributed by atoms with Gasteiger partial charge in [0.15, 0.2) is 6.10 Å². The van der Waals surface area contributed by atoms with Crippen molar-refractivity contribution in [2.24, 2.45) is 0 Å². The standard InChI is InChI=1S/C15H18FN3O4S/c1-10(22-12-5-3-11(16)4-6-12)14-18-19-15(23-14)24-9-13(20)17-7-8-21-2/h3-6,10H,7-9H2,1-2H3,(H,17,20)/t10-/m0/s1. The Balaban J connectivity index is 1.81. The van der Waals surface area contributed by atoms with Crippen LogP contribution in [0.3, 0.4) is 0 Å². The molecule has 7 nitrogen and oxygen atoms in total. The van der Waals surface area contributed by atoms with Crippen LogP contribution in [0.4, 0.5) is 4.39 Å². The van der Waals surface area contributed by atoms with Crippen molar-refractivity contribution < 1.29 is 23.1 Å². The first-order chi connectivity index (χ1) is 11.6. The fourth-order valence-electron chi connectivity index (χ4n) is 1.68. The van der Waals surface area contributed by atoms with Gasteiger partial charge in [-0.25, -0.2) is 4.39 Å². The molecule has 0 bridgehead atoms. The number of benzene rings is 1. The van der Waals surface area contributed by atoms with E-state index < -0.39 is 6.10 Å². The van der Waals surface area contributed by atoms with Crippen LogP contribution in [0.1, 0.15) is 18.9 Å². The second-order valence-electron chi connectivity index (χ2n) is 4.75. The number of carbonyl (C=O) groups is 1. The average molecular weight is 355 g/mol. The van der Waals surface area contributed by atoms with Gasteiger partial charge in [0, 0.05) is 13.7 Å².